The molecule has 0 unspecified atom stereocenters. The predicted octanol–water partition coefficient (Wildman–Crippen LogP) is 2.32. The lowest BCUT2D eigenvalue weighted by molar-refractivity contribution is 0.270. The molecule has 0 saturated carbocycles. The quantitative estimate of drug-likeness (QED) is 0.409. The third-order valence-corrected chi connectivity index (χ3v) is 6.05. The van der Waals surface area contributed by atoms with Gasteiger partial charge in [0.1, 0.15) is 5.82 Å². The van der Waals surface area contributed by atoms with Gasteiger partial charge in [0.25, 0.3) is 0 Å². The minimum Gasteiger partial charge on any atom is -0.356 e. The molecule has 8 heteroatoms. The summed E-state index contributed by atoms with van der Waals surface area (Å²) >= 11 is 0. The molecule has 0 radical (unpaired) electrons. The maximum Gasteiger partial charge on any atom is 0.191 e. The molecule has 2 aromatic heterocycles. The number of benzene rings is 1. The van der Waals surface area contributed by atoms with Gasteiger partial charge in [-0.15, -0.1) is 0 Å². The molecule has 8 nitrogen and oxygen atoms in total. The highest BCUT2D eigenvalue weighted by atomic mass is 15.3. The number of guanidine groups is 1. The second-order valence-electron chi connectivity index (χ2n) is 8.16. The van der Waals surface area contributed by atoms with Crippen molar-refractivity contribution in [2.45, 2.75) is 19.9 Å². The second-order valence-corrected chi connectivity index (χ2v) is 8.16. The van der Waals surface area contributed by atoms with Crippen molar-refractivity contribution in [2.75, 3.05) is 51.2 Å². The number of rotatable bonds is 8. The smallest absolute Gasteiger partial charge is 0.191 e. The van der Waals surface area contributed by atoms with E-state index < -0.39 is 0 Å². The van der Waals surface area contributed by atoms with Crippen LogP contribution in [0.4, 0.5) is 5.82 Å². The Kier molecular flexibility index (Phi) is 7.92. The average Bonchev–Trinajstić information content (AvgIpc) is 3.42. The van der Waals surface area contributed by atoms with E-state index in [0.717, 1.165) is 63.2 Å². The standard InChI is InChI=1S/C25H34N8/c1-3-31-15-17-32(18-16-31)24-19-22(10-12-27-24)20-29-25(26-2)28-13-9-21-5-7-23(8-6-21)33-14-4-11-30-33/h4-8,10-12,14,19H,3,9,13,15-18,20H2,1-2H3,(H2,26,28,29). The van der Waals surface area contributed by atoms with Gasteiger partial charge in [-0.2, -0.15) is 5.10 Å². The Hall–Kier alpha value is -3.39. The highest BCUT2D eigenvalue weighted by Gasteiger charge is 2.16. The molecule has 1 aromatic carbocycles. The molecular weight excluding hydrogens is 412 g/mol. The van der Waals surface area contributed by atoms with E-state index >= 15 is 0 Å². The minimum atomic E-state index is 0.711. The molecule has 0 aliphatic carbocycles. The summed E-state index contributed by atoms with van der Waals surface area (Å²) < 4.78 is 1.86. The zero-order chi connectivity index (χ0) is 22.9. The number of aliphatic imine (C=N–C) groups is 1. The van der Waals surface area contributed by atoms with Crippen LogP contribution in [0.15, 0.2) is 66.0 Å². The average molecular weight is 447 g/mol. The summed E-state index contributed by atoms with van der Waals surface area (Å²) in [5.74, 6) is 1.87. The van der Waals surface area contributed by atoms with Crippen molar-refractivity contribution in [1.29, 1.82) is 0 Å². The van der Waals surface area contributed by atoms with E-state index in [0.29, 0.717) is 6.54 Å². The highest BCUT2D eigenvalue weighted by Crippen LogP contribution is 2.15. The summed E-state index contributed by atoms with van der Waals surface area (Å²) in [6, 6.07) is 14.7. The van der Waals surface area contributed by atoms with E-state index in [1.807, 2.05) is 23.1 Å². The van der Waals surface area contributed by atoms with Crippen LogP contribution < -0.4 is 15.5 Å². The number of nitrogens with zero attached hydrogens (tertiary/aromatic N) is 6. The summed E-state index contributed by atoms with van der Waals surface area (Å²) in [6.45, 7) is 9.13. The van der Waals surface area contributed by atoms with Crippen molar-refractivity contribution in [1.82, 2.24) is 30.3 Å². The van der Waals surface area contributed by atoms with Crippen molar-refractivity contribution < 1.29 is 0 Å². The number of hydrogen-bond acceptors (Lipinski definition) is 5. The SMILES string of the molecule is CCN1CCN(c2cc(CNC(=NC)NCCc3ccc(-n4cccn4)cc3)ccn2)CC1. The fourth-order valence-corrected chi connectivity index (χ4v) is 4.01. The van der Waals surface area contributed by atoms with E-state index in [1.54, 1.807) is 13.2 Å². The van der Waals surface area contributed by atoms with Crippen LogP contribution in [0, 0.1) is 0 Å². The van der Waals surface area contributed by atoms with E-state index in [2.05, 4.69) is 78.8 Å². The number of nitrogens with one attached hydrogen (secondary N) is 2. The molecule has 4 rings (SSSR count). The largest absolute Gasteiger partial charge is 0.356 e. The number of aromatic nitrogens is 3. The van der Waals surface area contributed by atoms with E-state index in [9.17, 15) is 0 Å². The Labute approximate surface area is 196 Å². The molecule has 0 atom stereocenters. The Balaban J connectivity index is 1.23. The zero-order valence-electron chi connectivity index (χ0n) is 19.6. The fraction of sp³-hybridized carbons (Fsp3) is 0.400. The lowest BCUT2D eigenvalue weighted by Crippen LogP contribution is -2.46. The molecule has 1 fully saturated rings. The summed E-state index contributed by atoms with van der Waals surface area (Å²) in [7, 11) is 1.80. The summed E-state index contributed by atoms with van der Waals surface area (Å²) in [4.78, 5) is 13.8. The third kappa shape index (κ3) is 6.32. The van der Waals surface area contributed by atoms with Crippen LogP contribution in [0.1, 0.15) is 18.1 Å². The van der Waals surface area contributed by atoms with Crippen molar-refractivity contribution in [3.63, 3.8) is 0 Å². The Morgan fingerprint density at radius 1 is 1.00 bits per heavy atom. The number of likely N-dealkylation sites (N-methyl/N-ethyl adjacent to an activating group) is 1. The highest BCUT2D eigenvalue weighted by molar-refractivity contribution is 5.79. The Morgan fingerprint density at radius 3 is 2.52 bits per heavy atom. The molecule has 1 aliphatic rings. The van der Waals surface area contributed by atoms with Crippen LogP contribution in [0.5, 0.6) is 0 Å². The maximum absolute atomic E-state index is 4.60. The van der Waals surface area contributed by atoms with Gasteiger partial charge >= 0.3 is 0 Å². The van der Waals surface area contributed by atoms with Gasteiger partial charge in [-0.25, -0.2) is 9.67 Å². The van der Waals surface area contributed by atoms with Gasteiger partial charge in [-0.1, -0.05) is 19.1 Å². The first-order valence-electron chi connectivity index (χ1n) is 11.7. The molecule has 1 saturated heterocycles. The van der Waals surface area contributed by atoms with Gasteiger partial charge in [0.2, 0.25) is 0 Å². The number of piperazine rings is 1. The number of pyridine rings is 1. The van der Waals surface area contributed by atoms with Gasteiger partial charge in [-0.05, 0) is 54.4 Å². The van der Waals surface area contributed by atoms with E-state index in [-0.39, 0.29) is 0 Å². The first-order valence-corrected chi connectivity index (χ1v) is 11.7. The van der Waals surface area contributed by atoms with E-state index in [4.69, 9.17) is 0 Å². The molecule has 3 aromatic rings. The molecule has 0 bridgehead atoms. The van der Waals surface area contributed by atoms with Crippen LogP contribution in [0.2, 0.25) is 0 Å². The molecule has 0 spiro atoms. The summed E-state index contributed by atoms with van der Waals surface area (Å²) in [5, 5.41) is 11.1. The van der Waals surface area contributed by atoms with E-state index in [1.165, 1.54) is 11.1 Å². The van der Waals surface area contributed by atoms with Crippen LogP contribution in [-0.2, 0) is 13.0 Å². The Morgan fingerprint density at radius 2 is 1.82 bits per heavy atom. The van der Waals surface area contributed by atoms with Gasteiger partial charge in [0.05, 0.1) is 5.69 Å². The van der Waals surface area contributed by atoms with Crippen LogP contribution in [0.25, 0.3) is 5.69 Å². The van der Waals surface area contributed by atoms with Crippen molar-refractivity contribution in [3.05, 3.63) is 72.2 Å². The molecule has 174 valence electrons. The first kappa shape index (κ1) is 22.8. The minimum absolute atomic E-state index is 0.711. The normalized spacial score (nSPS) is 15.0. The third-order valence-electron chi connectivity index (χ3n) is 6.05. The molecule has 2 N–H and O–H groups in total. The lowest BCUT2D eigenvalue weighted by atomic mass is 10.1. The summed E-state index contributed by atoms with van der Waals surface area (Å²) in [6.07, 6.45) is 6.56. The second kappa shape index (κ2) is 11.5. The first-order chi connectivity index (χ1) is 16.2. The van der Waals surface area contributed by atoms with Crippen LogP contribution in [0.3, 0.4) is 0 Å². The van der Waals surface area contributed by atoms with Crippen molar-refractivity contribution >= 4 is 11.8 Å². The van der Waals surface area contributed by atoms with Crippen LogP contribution >= 0.6 is 0 Å². The topological polar surface area (TPSA) is 73.6 Å². The maximum atomic E-state index is 4.60. The van der Waals surface area contributed by atoms with Gasteiger partial charge in [-0.3, -0.25) is 4.99 Å². The van der Waals surface area contributed by atoms with Gasteiger partial charge < -0.3 is 20.4 Å². The van der Waals surface area contributed by atoms with Crippen LogP contribution in [-0.4, -0.2) is 71.9 Å². The van der Waals surface area contributed by atoms with Crippen molar-refractivity contribution in [2.24, 2.45) is 4.99 Å². The lowest BCUT2D eigenvalue weighted by Gasteiger charge is -2.34. The van der Waals surface area contributed by atoms with Gasteiger partial charge in [0, 0.05) is 64.9 Å². The fourth-order valence-electron chi connectivity index (χ4n) is 4.01. The summed E-state index contributed by atoms with van der Waals surface area (Å²) in [5.41, 5.74) is 3.55. The predicted molar refractivity (Wildman–Crippen MR) is 134 cm³/mol. The monoisotopic (exact) mass is 446 g/mol. The molecular formula is C25H34N8. The number of anilines is 1. The molecule has 33 heavy (non-hydrogen) atoms. The van der Waals surface area contributed by atoms with Crippen molar-refractivity contribution in [3.8, 4) is 5.69 Å². The molecule has 3 heterocycles. The van der Waals surface area contributed by atoms with Gasteiger partial charge in [0.15, 0.2) is 5.96 Å². The zero-order valence-corrected chi connectivity index (χ0v) is 19.6. The Bertz CT molecular complexity index is 1010. The number of hydrogen-bond donors (Lipinski definition) is 2. The molecule has 0 amide bonds. The molecule has 1 aliphatic heterocycles.